The zero-order valence-electron chi connectivity index (χ0n) is 17.4. The average molecular weight is 447 g/mol. The lowest BCUT2D eigenvalue weighted by molar-refractivity contribution is -0.137. The summed E-state index contributed by atoms with van der Waals surface area (Å²) in [6.45, 7) is 2.68. The highest BCUT2D eigenvalue weighted by Crippen LogP contribution is 2.25. The highest BCUT2D eigenvalue weighted by Gasteiger charge is 2.19. The minimum absolute atomic E-state index is 0.0678. The summed E-state index contributed by atoms with van der Waals surface area (Å²) in [5, 5.41) is 12.8. The van der Waals surface area contributed by atoms with Crippen LogP contribution in [-0.2, 0) is 14.4 Å². The third-order valence-electron chi connectivity index (χ3n) is 4.59. The molecule has 1 heterocycles. The van der Waals surface area contributed by atoms with Gasteiger partial charge in [0.1, 0.15) is 5.82 Å². The Morgan fingerprint density at radius 3 is 2.42 bits per heavy atom. The normalized spacial score (nSPS) is 11.4. The smallest absolute Gasteiger partial charge is 0.303 e. The molecule has 2 amide bonds. The number of anilines is 1. The molecule has 9 heteroatoms. The zero-order chi connectivity index (χ0) is 22.6. The van der Waals surface area contributed by atoms with Crippen molar-refractivity contribution in [2.45, 2.75) is 44.9 Å². The third-order valence-corrected chi connectivity index (χ3v) is 4.84. The number of nitrogens with zero attached hydrogens (tertiary/aromatic N) is 1. The number of carbonyl (C=O) groups excluding carboxylic acids is 2. The molecule has 0 spiro atoms. The fourth-order valence-corrected chi connectivity index (χ4v) is 3.12. The van der Waals surface area contributed by atoms with Crippen LogP contribution in [0.4, 0.5) is 5.82 Å². The number of aliphatic carboxylic acids is 1. The van der Waals surface area contributed by atoms with E-state index >= 15 is 0 Å². The Hall–Kier alpha value is -3.13. The Bertz CT molecular complexity index is 889. The molecule has 1 aromatic carbocycles. The topological polar surface area (TPSA) is 120 Å². The van der Waals surface area contributed by atoms with Crippen LogP contribution in [0.3, 0.4) is 0 Å². The van der Waals surface area contributed by atoms with Crippen LogP contribution in [-0.4, -0.2) is 34.4 Å². The van der Waals surface area contributed by atoms with Crippen LogP contribution in [0.2, 0.25) is 5.02 Å². The summed E-state index contributed by atoms with van der Waals surface area (Å²) in [6.07, 6.45) is 3.15. The minimum atomic E-state index is -1.01. The number of carboxylic acid groups (broad SMARTS) is 1. The summed E-state index contributed by atoms with van der Waals surface area (Å²) in [4.78, 5) is 39.5. The van der Waals surface area contributed by atoms with Crippen molar-refractivity contribution in [1.82, 2.24) is 15.8 Å². The van der Waals surface area contributed by atoms with Gasteiger partial charge in [-0.15, -0.1) is 0 Å². The number of unbranched alkanes of at least 4 members (excludes halogenated alkanes) is 1. The minimum Gasteiger partial charge on any atom is -0.481 e. The largest absolute Gasteiger partial charge is 0.481 e. The molecule has 8 nitrogen and oxygen atoms in total. The molecule has 0 fully saturated rings. The molecule has 0 aliphatic carbocycles. The summed E-state index contributed by atoms with van der Waals surface area (Å²) >= 11 is 5.86. The van der Waals surface area contributed by atoms with E-state index in [-0.39, 0.29) is 25.2 Å². The molecular weight excluding hydrogens is 420 g/mol. The van der Waals surface area contributed by atoms with Crippen LogP contribution in [0.1, 0.15) is 49.1 Å². The lowest BCUT2D eigenvalue weighted by Crippen LogP contribution is -2.42. The quantitative estimate of drug-likeness (QED) is 0.310. The number of carbonyl (C=O) groups is 3. The zero-order valence-corrected chi connectivity index (χ0v) is 18.1. The van der Waals surface area contributed by atoms with Gasteiger partial charge in [-0.05, 0) is 55.2 Å². The van der Waals surface area contributed by atoms with Gasteiger partial charge in [0.25, 0.3) is 0 Å². The Kier molecular flexibility index (Phi) is 9.77. The summed E-state index contributed by atoms with van der Waals surface area (Å²) in [5.41, 5.74) is 6.55. The number of hydrogen-bond donors (Lipinski definition) is 4. The molecule has 1 aromatic heterocycles. The van der Waals surface area contributed by atoms with E-state index in [0.717, 1.165) is 17.8 Å². The number of carboxylic acids is 1. The summed E-state index contributed by atoms with van der Waals surface area (Å²) in [6, 6.07) is 10.6. The van der Waals surface area contributed by atoms with Gasteiger partial charge in [0.15, 0.2) is 0 Å². The van der Waals surface area contributed by atoms with Crippen molar-refractivity contribution in [1.29, 1.82) is 0 Å². The van der Waals surface area contributed by atoms with Crippen LogP contribution >= 0.6 is 11.6 Å². The predicted molar refractivity (Wildman–Crippen MR) is 119 cm³/mol. The molecule has 0 saturated carbocycles. The van der Waals surface area contributed by atoms with Gasteiger partial charge in [-0.25, -0.2) is 4.98 Å². The molecule has 31 heavy (non-hydrogen) atoms. The third kappa shape index (κ3) is 9.48. The number of hydrazine groups is 1. The van der Waals surface area contributed by atoms with Crippen LogP contribution in [0.5, 0.6) is 0 Å². The molecule has 4 N–H and O–H groups in total. The highest BCUT2D eigenvalue weighted by molar-refractivity contribution is 6.30. The molecule has 2 rings (SSSR count). The molecule has 1 atom stereocenters. The second-order valence-electron chi connectivity index (χ2n) is 7.25. The molecule has 2 aromatic rings. The van der Waals surface area contributed by atoms with E-state index in [2.05, 4.69) is 21.2 Å². The number of amides is 2. The van der Waals surface area contributed by atoms with Gasteiger partial charge in [0.05, 0.1) is 6.42 Å². The standard InChI is InChI=1S/C22H27ClN4O4/c1-15-9-11-25-19(12-15)24-10-3-2-4-20(28)26-27-21(29)13-17(14-22(30)31)16-5-7-18(23)8-6-16/h5-9,11-12,17H,2-4,10,13-14H2,1H3,(H,24,25)(H,26,28)(H,27,29)(H,30,31)/t17-/m1/s1. The van der Waals surface area contributed by atoms with Gasteiger partial charge in [-0.2, -0.15) is 0 Å². The maximum atomic E-state index is 12.2. The molecular formula is C22H27ClN4O4. The first-order chi connectivity index (χ1) is 14.8. The van der Waals surface area contributed by atoms with E-state index in [1.54, 1.807) is 30.5 Å². The monoisotopic (exact) mass is 446 g/mol. The van der Waals surface area contributed by atoms with Gasteiger partial charge >= 0.3 is 5.97 Å². The van der Waals surface area contributed by atoms with Crippen LogP contribution < -0.4 is 16.2 Å². The maximum Gasteiger partial charge on any atom is 0.303 e. The molecule has 0 aliphatic rings. The van der Waals surface area contributed by atoms with Crippen molar-refractivity contribution in [3.8, 4) is 0 Å². The number of aromatic nitrogens is 1. The van der Waals surface area contributed by atoms with Crippen LogP contribution in [0.15, 0.2) is 42.6 Å². The molecule has 0 unspecified atom stereocenters. The first kappa shape index (κ1) is 24.1. The van der Waals surface area contributed by atoms with E-state index in [1.807, 2.05) is 19.1 Å². The first-order valence-electron chi connectivity index (χ1n) is 10.0. The van der Waals surface area contributed by atoms with Gasteiger partial charge in [0, 0.05) is 36.5 Å². The van der Waals surface area contributed by atoms with E-state index in [0.29, 0.717) is 23.6 Å². The van der Waals surface area contributed by atoms with Gasteiger partial charge in [-0.1, -0.05) is 23.7 Å². The van der Waals surface area contributed by atoms with Crippen molar-refractivity contribution in [3.63, 3.8) is 0 Å². The Morgan fingerprint density at radius 2 is 1.74 bits per heavy atom. The second kappa shape index (κ2) is 12.5. The Labute approximate surface area is 186 Å². The first-order valence-corrected chi connectivity index (χ1v) is 10.4. The summed E-state index contributed by atoms with van der Waals surface area (Å²) in [7, 11) is 0. The fraction of sp³-hybridized carbons (Fsp3) is 0.364. The average Bonchev–Trinajstić information content (AvgIpc) is 2.72. The van der Waals surface area contributed by atoms with Crippen LogP contribution in [0.25, 0.3) is 0 Å². The molecule has 0 radical (unpaired) electrons. The lowest BCUT2D eigenvalue weighted by Gasteiger charge is -2.15. The van der Waals surface area contributed by atoms with Gasteiger partial charge < -0.3 is 10.4 Å². The van der Waals surface area contributed by atoms with Crippen molar-refractivity contribution in [3.05, 3.63) is 58.7 Å². The van der Waals surface area contributed by atoms with E-state index in [4.69, 9.17) is 16.7 Å². The number of halogens is 1. The summed E-state index contributed by atoms with van der Waals surface area (Å²) in [5.74, 6) is -1.49. The van der Waals surface area contributed by atoms with E-state index in [1.165, 1.54) is 0 Å². The Morgan fingerprint density at radius 1 is 1.03 bits per heavy atom. The van der Waals surface area contributed by atoms with Crippen molar-refractivity contribution >= 4 is 35.2 Å². The number of aryl methyl sites for hydroxylation is 1. The number of rotatable bonds is 11. The van der Waals surface area contributed by atoms with Crippen molar-refractivity contribution in [2.24, 2.45) is 0 Å². The molecule has 0 bridgehead atoms. The lowest BCUT2D eigenvalue weighted by atomic mass is 9.92. The van der Waals surface area contributed by atoms with E-state index < -0.39 is 17.8 Å². The summed E-state index contributed by atoms with van der Waals surface area (Å²) < 4.78 is 0. The van der Waals surface area contributed by atoms with Gasteiger partial charge in [-0.3, -0.25) is 25.2 Å². The predicted octanol–water partition coefficient (Wildman–Crippen LogP) is 3.42. The number of nitrogens with one attached hydrogen (secondary N) is 3. The van der Waals surface area contributed by atoms with Crippen molar-refractivity contribution < 1.29 is 19.5 Å². The molecule has 0 saturated heterocycles. The van der Waals surface area contributed by atoms with E-state index in [9.17, 15) is 14.4 Å². The fourth-order valence-electron chi connectivity index (χ4n) is 2.99. The van der Waals surface area contributed by atoms with Crippen molar-refractivity contribution in [2.75, 3.05) is 11.9 Å². The molecule has 166 valence electrons. The maximum absolute atomic E-state index is 12.2. The number of hydrogen-bond acceptors (Lipinski definition) is 5. The Balaban J connectivity index is 1.68. The second-order valence-corrected chi connectivity index (χ2v) is 7.69. The number of benzene rings is 1. The highest BCUT2D eigenvalue weighted by atomic mass is 35.5. The number of pyridine rings is 1. The van der Waals surface area contributed by atoms with Crippen LogP contribution in [0, 0.1) is 6.92 Å². The molecule has 0 aliphatic heterocycles. The SMILES string of the molecule is Cc1ccnc(NCCCCC(=O)NNC(=O)C[C@H](CC(=O)O)c2ccc(Cl)cc2)c1. The van der Waals surface area contributed by atoms with Gasteiger partial charge in [0.2, 0.25) is 11.8 Å².